The lowest BCUT2D eigenvalue weighted by molar-refractivity contribution is -0.141. The molecule has 8 heteroatoms. The van der Waals surface area contributed by atoms with Crippen LogP contribution in [0.5, 0.6) is 0 Å². The molecule has 20 heavy (non-hydrogen) atoms. The van der Waals surface area contributed by atoms with E-state index in [1.807, 2.05) is 0 Å². The first kappa shape index (κ1) is 13.9. The molecule has 0 atom stereocenters. The maximum absolute atomic E-state index is 12.6. The largest absolute Gasteiger partial charge is 0.433 e. The molecule has 1 N–H and O–H groups in total. The van der Waals surface area contributed by atoms with Gasteiger partial charge in [0.2, 0.25) is 0 Å². The molecule has 0 aliphatic rings. The third-order valence-electron chi connectivity index (χ3n) is 2.51. The monoisotopic (exact) mass is 281 g/mol. The molecular formula is C12H10F3N5. The second kappa shape index (κ2) is 5.21. The van der Waals surface area contributed by atoms with E-state index < -0.39 is 11.9 Å². The van der Waals surface area contributed by atoms with E-state index >= 15 is 0 Å². The minimum Gasteiger partial charge on any atom is -0.363 e. The van der Waals surface area contributed by atoms with Gasteiger partial charge in [-0.1, -0.05) is 0 Å². The summed E-state index contributed by atoms with van der Waals surface area (Å²) in [7, 11) is 1.73. The molecule has 0 amide bonds. The topological polar surface area (TPSA) is 66.5 Å². The van der Waals surface area contributed by atoms with Crippen LogP contribution in [0.1, 0.15) is 17.0 Å². The maximum Gasteiger partial charge on any atom is 0.433 e. The van der Waals surface area contributed by atoms with E-state index in [-0.39, 0.29) is 17.9 Å². The highest BCUT2D eigenvalue weighted by atomic mass is 19.4. The third kappa shape index (κ3) is 3.06. The predicted octanol–water partition coefficient (Wildman–Crippen LogP) is 2.32. The molecule has 0 aromatic carbocycles. The van der Waals surface area contributed by atoms with Gasteiger partial charge >= 0.3 is 6.18 Å². The first-order chi connectivity index (χ1) is 9.40. The molecule has 0 radical (unpaired) electrons. The summed E-state index contributed by atoms with van der Waals surface area (Å²) in [6.07, 6.45) is -2.84. The van der Waals surface area contributed by atoms with E-state index in [2.05, 4.69) is 15.4 Å². The van der Waals surface area contributed by atoms with Crippen LogP contribution in [0.15, 0.2) is 24.4 Å². The maximum atomic E-state index is 12.6. The highest BCUT2D eigenvalue weighted by molar-refractivity contribution is 5.52. The molecule has 2 aromatic heterocycles. The molecule has 5 nitrogen and oxygen atoms in total. The van der Waals surface area contributed by atoms with Crippen molar-refractivity contribution in [2.24, 2.45) is 7.05 Å². The molecule has 2 heterocycles. The van der Waals surface area contributed by atoms with Gasteiger partial charge < -0.3 is 5.32 Å². The van der Waals surface area contributed by atoms with Crippen LogP contribution in [0.25, 0.3) is 0 Å². The Morgan fingerprint density at radius 3 is 2.65 bits per heavy atom. The fourth-order valence-corrected chi connectivity index (χ4v) is 1.57. The fraction of sp³-hybridized carbons (Fsp3) is 0.250. The lowest BCUT2D eigenvalue weighted by atomic mass is 10.2. The summed E-state index contributed by atoms with van der Waals surface area (Å²) in [6.45, 7) is 0.184. The second-order valence-electron chi connectivity index (χ2n) is 4.04. The number of aryl methyl sites for hydroxylation is 1. The van der Waals surface area contributed by atoms with Gasteiger partial charge in [0.25, 0.3) is 0 Å². The van der Waals surface area contributed by atoms with Gasteiger partial charge in [-0.2, -0.15) is 23.5 Å². The SMILES string of the molecule is Cn1ccc(CNc2nc(C(F)(F)F)ccc2C#N)n1. The Morgan fingerprint density at radius 1 is 1.35 bits per heavy atom. The number of nitrogens with zero attached hydrogens (tertiary/aromatic N) is 4. The molecule has 104 valence electrons. The van der Waals surface area contributed by atoms with Crippen LogP contribution in [0, 0.1) is 11.3 Å². The van der Waals surface area contributed by atoms with Crippen molar-refractivity contribution in [1.29, 1.82) is 5.26 Å². The number of aromatic nitrogens is 3. The zero-order valence-electron chi connectivity index (χ0n) is 10.4. The van der Waals surface area contributed by atoms with E-state index in [1.54, 1.807) is 30.1 Å². The van der Waals surface area contributed by atoms with Crippen LogP contribution < -0.4 is 5.32 Å². The lowest BCUT2D eigenvalue weighted by Gasteiger charge is -2.10. The Bertz CT molecular complexity index is 654. The van der Waals surface area contributed by atoms with Gasteiger partial charge in [-0.25, -0.2) is 4.98 Å². The summed E-state index contributed by atoms with van der Waals surface area (Å²) in [5.74, 6) is -0.104. The Morgan fingerprint density at radius 2 is 2.10 bits per heavy atom. The Kier molecular flexibility index (Phi) is 3.61. The van der Waals surface area contributed by atoms with Gasteiger partial charge in [0.1, 0.15) is 17.6 Å². The van der Waals surface area contributed by atoms with E-state index in [4.69, 9.17) is 5.26 Å². The number of pyridine rings is 1. The standard InChI is InChI=1S/C12H10F3N5/c1-20-5-4-9(19-20)7-17-11-8(6-16)2-3-10(18-11)12(13,14)15/h2-5H,7H2,1H3,(H,17,18). The smallest absolute Gasteiger partial charge is 0.363 e. The van der Waals surface area contributed by atoms with E-state index in [0.29, 0.717) is 5.69 Å². The molecule has 0 aliphatic carbocycles. The summed E-state index contributed by atoms with van der Waals surface area (Å²) in [4.78, 5) is 3.44. The average molecular weight is 281 g/mol. The quantitative estimate of drug-likeness (QED) is 0.937. The number of nitrogens with one attached hydrogen (secondary N) is 1. The molecule has 0 fully saturated rings. The van der Waals surface area contributed by atoms with Crippen molar-refractivity contribution in [2.45, 2.75) is 12.7 Å². The highest BCUT2D eigenvalue weighted by Gasteiger charge is 2.33. The normalized spacial score (nSPS) is 11.2. The summed E-state index contributed by atoms with van der Waals surface area (Å²) in [6, 6.07) is 5.39. The lowest BCUT2D eigenvalue weighted by Crippen LogP contribution is -2.11. The molecule has 0 bridgehead atoms. The summed E-state index contributed by atoms with van der Waals surface area (Å²) < 4.78 is 39.3. The summed E-state index contributed by atoms with van der Waals surface area (Å²) >= 11 is 0. The number of hydrogen-bond acceptors (Lipinski definition) is 4. The third-order valence-corrected chi connectivity index (χ3v) is 2.51. The predicted molar refractivity (Wildman–Crippen MR) is 64.5 cm³/mol. The molecule has 0 saturated carbocycles. The van der Waals surface area contributed by atoms with Crippen molar-refractivity contribution >= 4 is 5.82 Å². The van der Waals surface area contributed by atoms with Gasteiger partial charge in [-0.05, 0) is 18.2 Å². The number of rotatable bonds is 3. The van der Waals surface area contributed by atoms with Crippen molar-refractivity contribution in [1.82, 2.24) is 14.8 Å². The van der Waals surface area contributed by atoms with Crippen LogP contribution in [0.3, 0.4) is 0 Å². The number of anilines is 1. The summed E-state index contributed by atoms with van der Waals surface area (Å²) in [5.41, 5.74) is -0.357. The highest BCUT2D eigenvalue weighted by Crippen LogP contribution is 2.29. The first-order valence-electron chi connectivity index (χ1n) is 5.61. The van der Waals surface area contributed by atoms with Gasteiger partial charge in [-0.15, -0.1) is 0 Å². The van der Waals surface area contributed by atoms with Crippen LogP contribution in [0.2, 0.25) is 0 Å². The second-order valence-corrected chi connectivity index (χ2v) is 4.04. The molecule has 0 spiro atoms. The van der Waals surface area contributed by atoms with Crippen LogP contribution >= 0.6 is 0 Å². The zero-order valence-corrected chi connectivity index (χ0v) is 10.4. The van der Waals surface area contributed by atoms with E-state index in [9.17, 15) is 13.2 Å². The molecule has 0 saturated heterocycles. The molecular weight excluding hydrogens is 271 g/mol. The van der Waals surface area contributed by atoms with Crippen molar-refractivity contribution < 1.29 is 13.2 Å². The first-order valence-corrected chi connectivity index (χ1v) is 5.61. The molecule has 2 aromatic rings. The minimum absolute atomic E-state index is 0.0499. The molecule has 0 aliphatic heterocycles. The van der Waals surface area contributed by atoms with Gasteiger partial charge in [0, 0.05) is 13.2 Å². The van der Waals surface area contributed by atoms with Crippen LogP contribution in [-0.4, -0.2) is 14.8 Å². The minimum atomic E-state index is -4.55. The number of nitriles is 1. The van der Waals surface area contributed by atoms with Crippen LogP contribution in [-0.2, 0) is 19.8 Å². The van der Waals surface area contributed by atoms with E-state index in [1.165, 1.54) is 0 Å². The summed E-state index contributed by atoms with van der Waals surface area (Å²) in [5, 5.41) is 15.7. The Balaban J connectivity index is 2.23. The van der Waals surface area contributed by atoms with Crippen LogP contribution in [0.4, 0.5) is 19.0 Å². The van der Waals surface area contributed by atoms with Crippen molar-refractivity contribution in [2.75, 3.05) is 5.32 Å². The number of hydrogen-bond donors (Lipinski definition) is 1. The van der Waals surface area contributed by atoms with Crippen molar-refractivity contribution in [3.63, 3.8) is 0 Å². The number of halogens is 3. The Labute approximate surface area is 112 Å². The zero-order chi connectivity index (χ0) is 14.8. The van der Waals surface area contributed by atoms with Crippen molar-refractivity contribution in [3.05, 3.63) is 41.3 Å². The van der Waals surface area contributed by atoms with Gasteiger partial charge in [0.05, 0.1) is 17.8 Å². The van der Waals surface area contributed by atoms with Gasteiger partial charge in [0.15, 0.2) is 0 Å². The Hall–Kier alpha value is -2.56. The average Bonchev–Trinajstić information content (AvgIpc) is 2.80. The molecule has 0 unspecified atom stereocenters. The molecule has 2 rings (SSSR count). The fourth-order valence-electron chi connectivity index (χ4n) is 1.57. The van der Waals surface area contributed by atoms with Crippen molar-refractivity contribution in [3.8, 4) is 6.07 Å². The van der Waals surface area contributed by atoms with E-state index in [0.717, 1.165) is 12.1 Å². The van der Waals surface area contributed by atoms with Gasteiger partial charge in [-0.3, -0.25) is 4.68 Å². The number of alkyl halides is 3.